The summed E-state index contributed by atoms with van der Waals surface area (Å²) in [7, 11) is 0. The maximum absolute atomic E-state index is 13.4. The quantitative estimate of drug-likeness (QED) is 0.420. The van der Waals surface area contributed by atoms with Crippen molar-refractivity contribution < 1.29 is 28.9 Å². The Morgan fingerprint density at radius 1 is 1.03 bits per heavy atom. The van der Waals surface area contributed by atoms with Crippen LogP contribution in [0.5, 0.6) is 11.5 Å². The van der Waals surface area contributed by atoms with Crippen LogP contribution >= 0.6 is 0 Å². The van der Waals surface area contributed by atoms with Gasteiger partial charge < -0.3 is 24.2 Å². The molecular formula is C30H36N2O6. The van der Waals surface area contributed by atoms with Crippen molar-refractivity contribution in [3.8, 4) is 11.5 Å². The van der Waals surface area contributed by atoms with Crippen molar-refractivity contribution in [2.24, 2.45) is 0 Å². The average Bonchev–Trinajstić information content (AvgIpc) is 3.19. The van der Waals surface area contributed by atoms with Crippen molar-refractivity contribution in [3.05, 3.63) is 77.1 Å². The van der Waals surface area contributed by atoms with Gasteiger partial charge in [-0.25, -0.2) is 0 Å². The maximum atomic E-state index is 13.4. The monoisotopic (exact) mass is 520 g/mol. The number of carbonyl (C=O) groups is 2. The zero-order chi connectivity index (χ0) is 26.9. The molecule has 4 rings (SSSR count). The third-order valence-electron chi connectivity index (χ3n) is 6.66. The molecule has 0 aliphatic carbocycles. The molecule has 202 valence electrons. The second-order valence-corrected chi connectivity index (χ2v) is 9.15. The number of rotatable bonds is 12. The number of morpholine rings is 1. The van der Waals surface area contributed by atoms with E-state index in [1.54, 1.807) is 23.1 Å². The molecule has 2 aliphatic heterocycles. The van der Waals surface area contributed by atoms with Crippen LogP contribution in [-0.4, -0.2) is 79.2 Å². The van der Waals surface area contributed by atoms with E-state index in [9.17, 15) is 14.7 Å². The molecule has 8 heteroatoms. The highest BCUT2D eigenvalue weighted by atomic mass is 16.5. The Morgan fingerprint density at radius 2 is 1.74 bits per heavy atom. The van der Waals surface area contributed by atoms with Crippen LogP contribution in [0.4, 0.5) is 0 Å². The van der Waals surface area contributed by atoms with Crippen molar-refractivity contribution >= 4 is 17.8 Å². The summed E-state index contributed by atoms with van der Waals surface area (Å²) >= 11 is 0. The van der Waals surface area contributed by atoms with Gasteiger partial charge in [0.15, 0.2) is 23.0 Å². The lowest BCUT2D eigenvalue weighted by molar-refractivity contribution is -0.129. The van der Waals surface area contributed by atoms with Crippen molar-refractivity contribution in [3.63, 3.8) is 0 Å². The summed E-state index contributed by atoms with van der Waals surface area (Å²) in [5.41, 5.74) is 1.60. The highest BCUT2D eigenvalue weighted by Crippen LogP contribution is 2.41. The van der Waals surface area contributed by atoms with E-state index in [0.717, 1.165) is 25.2 Å². The normalized spacial score (nSPS) is 18.4. The van der Waals surface area contributed by atoms with Gasteiger partial charge in [0, 0.05) is 26.2 Å². The number of hydrogen-bond acceptors (Lipinski definition) is 7. The first-order chi connectivity index (χ1) is 18.5. The lowest BCUT2D eigenvalue weighted by atomic mass is 9.95. The fraction of sp³-hybridized carbons (Fsp3) is 0.400. The van der Waals surface area contributed by atoms with E-state index in [1.807, 2.05) is 50.2 Å². The molecule has 38 heavy (non-hydrogen) atoms. The average molecular weight is 521 g/mol. The zero-order valence-electron chi connectivity index (χ0n) is 22.1. The lowest BCUT2D eigenvalue weighted by Crippen LogP contribution is -2.39. The molecule has 0 radical (unpaired) electrons. The minimum absolute atomic E-state index is 0.0696. The molecule has 0 bridgehead atoms. The van der Waals surface area contributed by atoms with Crippen LogP contribution in [0.25, 0.3) is 6.08 Å². The van der Waals surface area contributed by atoms with Crippen molar-refractivity contribution in [2.75, 3.05) is 52.6 Å². The molecule has 1 amide bonds. The predicted octanol–water partition coefficient (Wildman–Crippen LogP) is 4.18. The number of nitrogens with zero attached hydrogens (tertiary/aromatic N) is 2. The van der Waals surface area contributed by atoms with Crippen LogP contribution in [0.1, 0.15) is 37.4 Å². The number of aliphatic hydroxyl groups is 1. The lowest BCUT2D eigenvalue weighted by Gasteiger charge is -2.30. The fourth-order valence-corrected chi connectivity index (χ4v) is 4.84. The number of benzene rings is 2. The molecular weight excluding hydrogens is 484 g/mol. The number of carbonyl (C=O) groups excluding carboxylic acids is 2. The van der Waals surface area contributed by atoms with Gasteiger partial charge in [-0.05, 0) is 49.6 Å². The molecule has 0 spiro atoms. The van der Waals surface area contributed by atoms with Crippen LogP contribution in [0.15, 0.2) is 65.9 Å². The number of hydrogen-bond donors (Lipinski definition) is 1. The predicted molar refractivity (Wildman–Crippen MR) is 145 cm³/mol. The zero-order valence-corrected chi connectivity index (χ0v) is 22.1. The van der Waals surface area contributed by atoms with Gasteiger partial charge in [-0.15, -0.1) is 0 Å². The largest absolute Gasteiger partial charge is 0.503 e. The summed E-state index contributed by atoms with van der Waals surface area (Å²) in [4.78, 5) is 30.6. The van der Waals surface area contributed by atoms with Gasteiger partial charge >= 0.3 is 0 Å². The molecule has 0 aromatic heterocycles. The van der Waals surface area contributed by atoms with E-state index in [-0.39, 0.29) is 5.57 Å². The van der Waals surface area contributed by atoms with Crippen LogP contribution in [0, 0.1) is 0 Å². The Morgan fingerprint density at radius 3 is 2.45 bits per heavy atom. The SMILES string of the molecule is CCOc1ccc(C2C(C(=O)/C=C/c3ccccc3)=C(O)C(=O)N2CCCN2CCOCC2)cc1OCC. The summed E-state index contributed by atoms with van der Waals surface area (Å²) < 4.78 is 17.0. The van der Waals surface area contributed by atoms with Gasteiger partial charge in [0.1, 0.15) is 0 Å². The van der Waals surface area contributed by atoms with Crippen LogP contribution in [0.3, 0.4) is 0 Å². The molecule has 1 fully saturated rings. The highest BCUT2D eigenvalue weighted by molar-refractivity contribution is 6.14. The molecule has 1 unspecified atom stereocenters. The standard InChI is InChI=1S/C30H36N2O6/c1-3-37-25-14-12-23(21-26(25)38-4-2)28-27(24(33)13-11-22-9-6-5-7-10-22)29(34)30(35)32(28)16-8-15-31-17-19-36-20-18-31/h5-7,9-14,21,28,34H,3-4,8,15-20H2,1-2H3/b13-11+. The van der Waals surface area contributed by atoms with Crippen molar-refractivity contribution in [1.29, 1.82) is 0 Å². The van der Waals surface area contributed by atoms with Crippen molar-refractivity contribution in [1.82, 2.24) is 9.80 Å². The van der Waals surface area contributed by atoms with Gasteiger partial charge in [0.2, 0.25) is 0 Å². The number of ketones is 1. The Hall–Kier alpha value is -3.62. The molecule has 8 nitrogen and oxygen atoms in total. The minimum atomic E-state index is -0.741. The Bertz CT molecular complexity index is 1170. The molecule has 1 N–H and O–H groups in total. The maximum Gasteiger partial charge on any atom is 0.290 e. The van der Waals surface area contributed by atoms with E-state index in [1.165, 1.54) is 6.08 Å². The van der Waals surface area contributed by atoms with E-state index < -0.39 is 23.5 Å². The number of amides is 1. The Kier molecular flexibility index (Phi) is 9.56. The third kappa shape index (κ3) is 6.44. The van der Waals surface area contributed by atoms with Gasteiger partial charge in [-0.2, -0.15) is 0 Å². The molecule has 2 aromatic carbocycles. The number of ether oxygens (including phenoxy) is 3. The van der Waals surface area contributed by atoms with Crippen molar-refractivity contribution in [2.45, 2.75) is 26.3 Å². The van der Waals surface area contributed by atoms with E-state index in [4.69, 9.17) is 14.2 Å². The Balaban J connectivity index is 1.64. The van der Waals surface area contributed by atoms with E-state index in [2.05, 4.69) is 4.90 Å². The minimum Gasteiger partial charge on any atom is -0.503 e. The van der Waals surface area contributed by atoms with Crippen LogP contribution in [0.2, 0.25) is 0 Å². The fourth-order valence-electron chi connectivity index (χ4n) is 4.84. The first kappa shape index (κ1) is 27.4. The van der Waals surface area contributed by atoms with E-state index >= 15 is 0 Å². The summed E-state index contributed by atoms with van der Waals surface area (Å²) in [6.07, 6.45) is 3.80. The molecule has 2 heterocycles. The van der Waals surface area contributed by atoms with Gasteiger partial charge in [-0.3, -0.25) is 14.5 Å². The number of allylic oxidation sites excluding steroid dienone is 1. The molecule has 1 atom stereocenters. The first-order valence-electron chi connectivity index (χ1n) is 13.2. The topological polar surface area (TPSA) is 88.5 Å². The number of aliphatic hydroxyl groups excluding tert-OH is 1. The summed E-state index contributed by atoms with van der Waals surface area (Å²) in [5, 5.41) is 10.9. The third-order valence-corrected chi connectivity index (χ3v) is 6.66. The van der Waals surface area contributed by atoms with Crippen LogP contribution < -0.4 is 9.47 Å². The molecule has 1 saturated heterocycles. The Labute approximate surface area is 224 Å². The van der Waals surface area contributed by atoms with E-state index in [0.29, 0.717) is 56.5 Å². The smallest absolute Gasteiger partial charge is 0.290 e. The summed E-state index contributed by atoms with van der Waals surface area (Å²) in [6.45, 7) is 8.98. The molecule has 2 aromatic rings. The summed E-state index contributed by atoms with van der Waals surface area (Å²) in [5.74, 6) is -0.333. The summed E-state index contributed by atoms with van der Waals surface area (Å²) in [6, 6.07) is 14.1. The molecule has 0 saturated carbocycles. The molecule has 2 aliphatic rings. The van der Waals surface area contributed by atoms with Crippen LogP contribution in [-0.2, 0) is 14.3 Å². The van der Waals surface area contributed by atoms with Gasteiger partial charge in [0.05, 0.1) is 38.0 Å². The highest BCUT2D eigenvalue weighted by Gasteiger charge is 2.43. The second-order valence-electron chi connectivity index (χ2n) is 9.15. The van der Waals surface area contributed by atoms with Gasteiger partial charge in [-0.1, -0.05) is 42.5 Å². The second kappa shape index (κ2) is 13.3. The van der Waals surface area contributed by atoms with Gasteiger partial charge in [0.25, 0.3) is 5.91 Å². The first-order valence-corrected chi connectivity index (χ1v) is 13.2.